The maximum atomic E-state index is 9.55. The minimum Gasteiger partial charge on any atom is -0.493 e. The molecule has 3 aromatic rings. The van der Waals surface area contributed by atoms with Crippen molar-refractivity contribution in [1.29, 1.82) is 0 Å². The molecule has 2 aromatic carbocycles. The van der Waals surface area contributed by atoms with Crippen molar-refractivity contribution in [3.8, 4) is 11.5 Å². The van der Waals surface area contributed by atoms with Crippen LogP contribution in [-0.4, -0.2) is 47.9 Å². The van der Waals surface area contributed by atoms with E-state index < -0.39 is 11.9 Å². The van der Waals surface area contributed by atoms with Crippen LogP contribution in [0.2, 0.25) is 0 Å². The average Bonchev–Trinajstić information content (AvgIpc) is 3.24. The second kappa shape index (κ2) is 12.1. The van der Waals surface area contributed by atoms with E-state index in [1.165, 1.54) is 33.3 Å². The van der Waals surface area contributed by atoms with E-state index in [1.807, 2.05) is 6.07 Å². The summed E-state index contributed by atoms with van der Waals surface area (Å²) < 4.78 is 10.8. The predicted molar refractivity (Wildman–Crippen MR) is 134 cm³/mol. The molecule has 0 spiro atoms. The number of H-pyrrole nitrogens is 1. The van der Waals surface area contributed by atoms with Crippen LogP contribution in [-0.2, 0) is 28.9 Å². The molecule has 1 unspecified atom stereocenters. The van der Waals surface area contributed by atoms with Crippen LogP contribution < -0.4 is 14.8 Å². The minimum atomic E-state index is -1.26. The second-order valence-corrected chi connectivity index (χ2v) is 8.25. The Kier molecular flexibility index (Phi) is 8.92. The molecule has 1 aliphatic heterocycles. The highest BCUT2D eigenvalue weighted by Crippen LogP contribution is 2.34. The van der Waals surface area contributed by atoms with Crippen LogP contribution in [0.25, 0.3) is 10.9 Å². The summed E-state index contributed by atoms with van der Waals surface area (Å²) in [5, 5.41) is 20.7. The average molecular weight is 481 g/mol. The molecule has 2 heterocycles. The summed E-state index contributed by atoms with van der Waals surface area (Å²) in [6, 6.07) is 13.4. The molecule has 0 bridgehead atoms. The molecule has 0 amide bonds. The molecule has 1 atom stereocenters. The molecule has 35 heavy (non-hydrogen) atoms. The summed E-state index contributed by atoms with van der Waals surface area (Å²) in [7, 11) is 3.36. The van der Waals surface area contributed by atoms with Crippen LogP contribution in [0.15, 0.2) is 48.6 Å². The van der Waals surface area contributed by atoms with Gasteiger partial charge in [-0.2, -0.15) is 0 Å². The lowest BCUT2D eigenvalue weighted by molar-refractivity contribution is -0.134. The molecule has 1 aliphatic rings. The van der Waals surface area contributed by atoms with Gasteiger partial charge in [-0.25, -0.2) is 9.59 Å². The van der Waals surface area contributed by atoms with Crippen molar-refractivity contribution in [3.05, 3.63) is 70.9 Å². The van der Waals surface area contributed by atoms with Crippen molar-refractivity contribution >= 4 is 22.8 Å². The number of aromatic amines is 1. The smallest absolute Gasteiger partial charge is 0.328 e. The van der Waals surface area contributed by atoms with Gasteiger partial charge < -0.3 is 30.0 Å². The molecule has 0 aliphatic carbocycles. The fraction of sp³-hybridized carbons (Fsp3) is 0.333. The molecular formula is C27H32N2O6. The first-order chi connectivity index (χ1) is 16.9. The maximum Gasteiger partial charge on any atom is 0.328 e. The van der Waals surface area contributed by atoms with E-state index in [9.17, 15) is 9.59 Å². The van der Waals surface area contributed by atoms with E-state index in [2.05, 4.69) is 47.6 Å². The summed E-state index contributed by atoms with van der Waals surface area (Å²) in [4.78, 5) is 22.8. The molecule has 0 radical (unpaired) electrons. The van der Waals surface area contributed by atoms with Crippen LogP contribution in [0.1, 0.15) is 41.8 Å². The number of methoxy groups -OCH3 is 2. The molecule has 0 saturated heterocycles. The monoisotopic (exact) mass is 480 g/mol. The highest BCUT2D eigenvalue weighted by Gasteiger charge is 2.23. The molecule has 1 aromatic heterocycles. The maximum absolute atomic E-state index is 9.55. The first-order valence-electron chi connectivity index (χ1n) is 11.6. The zero-order valence-corrected chi connectivity index (χ0v) is 20.3. The summed E-state index contributed by atoms with van der Waals surface area (Å²) in [6.07, 6.45) is 5.33. The number of carboxylic acids is 2. The molecule has 4 rings (SSSR count). The first kappa shape index (κ1) is 25.8. The van der Waals surface area contributed by atoms with Gasteiger partial charge >= 0.3 is 11.9 Å². The largest absolute Gasteiger partial charge is 0.493 e. The quantitative estimate of drug-likeness (QED) is 0.355. The minimum absolute atomic E-state index is 0.360. The van der Waals surface area contributed by atoms with Crippen LogP contribution >= 0.6 is 0 Å². The number of carbonyl (C=O) groups is 2. The Bertz CT molecular complexity index is 1200. The highest BCUT2D eigenvalue weighted by atomic mass is 16.5. The van der Waals surface area contributed by atoms with Crippen molar-refractivity contribution in [1.82, 2.24) is 10.3 Å². The van der Waals surface area contributed by atoms with Gasteiger partial charge in [0.25, 0.3) is 0 Å². The number of aryl methyl sites for hydroxylation is 2. The molecule has 4 N–H and O–H groups in total. The standard InChI is InChI=1S/C23H28N2O2.C4H4O4/c1-4-15-5-8-19-18(13-15)17-11-12-24-20(23(17)25-19)9-6-16-7-10-21(26-2)22(14-16)27-3;5-3(6)1-2-4(7)8/h5,7-8,10,13-14,20,24-25H,4,6,9,11-12H2,1-3H3;1-2H,(H,5,6)(H,7,8)/b;2-1-. The van der Waals surface area contributed by atoms with Crippen molar-refractivity contribution in [2.75, 3.05) is 20.8 Å². The fourth-order valence-electron chi connectivity index (χ4n) is 4.31. The summed E-state index contributed by atoms with van der Waals surface area (Å²) in [5.74, 6) is -0.938. The van der Waals surface area contributed by atoms with E-state index in [1.54, 1.807) is 14.2 Å². The number of fused-ring (bicyclic) bond motifs is 3. The Labute approximate surface area is 204 Å². The van der Waals surface area contributed by atoms with E-state index >= 15 is 0 Å². The zero-order chi connectivity index (χ0) is 25.4. The van der Waals surface area contributed by atoms with Crippen LogP contribution in [0, 0.1) is 0 Å². The molecule has 186 valence electrons. The van der Waals surface area contributed by atoms with Gasteiger partial charge in [-0.1, -0.05) is 19.1 Å². The van der Waals surface area contributed by atoms with Crippen molar-refractivity contribution < 1.29 is 29.3 Å². The summed E-state index contributed by atoms with van der Waals surface area (Å²) in [6.45, 7) is 3.25. The number of carboxylic acid groups (broad SMARTS) is 2. The fourth-order valence-corrected chi connectivity index (χ4v) is 4.31. The normalized spacial score (nSPS) is 14.8. The van der Waals surface area contributed by atoms with Crippen LogP contribution in [0.3, 0.4) is 0 Å². The molecular weight excluding hydrogens is 448 g/mol. The first-order valence-corrected chi connectivity index (χ1v) is 11.6. The van der Waals surface area contributed by atoms with Gasteiger partial charge in [0.05, 0.1) is 14.2 Å². The lowest BCUT2D eigenvalue weighted by atomic mass is 9.94. The topological polar surface area (TPSA) is 121 Å². The molecule has 8 heteroatoms. The van der Waals surface area contributed by atoms with E-state index in [0.29, 0.717) is 18.2 Å². The van der Waals surface area contributed by atoms with E-state index in [-0.39, 0.29) is 0 Å². The molecule has 0 saturated carbocycles. The number of nitrogens with one attached hydrogen (secondary N) is 2. The number of benzene rings is 2. The molecule has 8 nitrogen and oxygen atoms in total. The number of aromatic nitrogens is 1. The van der Waals surface area contributed by atoms with Crippen LogP contribution in [0.5, 0.6) is 11.5 Å². The van der Waals surface area contributed by atoms with E-state index in [0.717, 1.165) is 43.7 Å². The third-order valence-electron chi connectivity index (χ3n) is 6.06. The Balaban J connectivity index is 0.000000371. The number of hydrogen-bond donors (Lipinski definition) is 4. The van der Waals surface area contributed by atoms with E-state index in [4.69, 9.17) is 19.7 Å². The summed E-state index contributed by atoms with van der Waals surface area (Å²) >= 11 is 0. The Morgan fingerprint density at radius 2 is 1.69 bits per heavy atom. The lowest BCUT2D eigenvalue weighted by Gasteiger charge is -2.24. The van der Waals surface area contributed by atoms with Crippen molar-refractivity contribution in [2.45, 2.75) is 38.6 Å². The number of rotatable bonds is 8. The number of hydrogen-bond acceptors (Lipinski definition) is 5. The Hall–Kier alpha value is -3.78. The van der Waals surface area contributed by atoms with Crippen molar-refractivity contribution in [2.24, 2.45) is 0 Å². The lowest BCUT2D eigenvalue weighted by Crippen LogP contribution is -2.30. The van der Waals surface area contributed by atoms with Gasteiger partial charge in [0, 0.05) is 34.8 Å². The van der Waals surface area contributed by atoms with Gasteiger partial charge in [-0.05, 0) is 73.2 Å². The third-order valence-corrected chi connectivity index (χ3v) is 6.06. The SMILES string of the molecule is CCc1ccc2[nH]c3c(c2c1)CCNC3CCc1ccc(OC)c(OC)c1.O=C(O)/C=C\C(=O)O. The van der Waals surface area contributed by atoms with Gasteiger partial charge in [0.15, 0.2) is 11.5 Å². The van der Waals surface area contributed by atoms with Gasteiger partial charge in [0.2, 0.25) is 0 Å². The van der Waals surface area contributed by atoms with Crippen molar-refractivity contribution in [3.63, 3.8) is 0 Å². The number of aliphatic carboxylic acids is 2. The third kappa shape index (κ3) is 6.64. The molecule has 0 fully saturated rings. The van der Waals surface area contributed by atoms with Gasteiger partial charge in [-0.15, -0.1) is 0 Å². The van der Waals surface area contributed by atoms with Gasteiger partial charge in [0.1, 0.15) is 0 Å². The predicted octanol–water partition coefficient (Wildman–Crippen LogP) is 4.28. The van der Waals surface area contributed by atoms with Gasteiger partial charge in [-0.3, -0.25) is 0 Å². The number of ether oxygens (including phenoxy) is 2. The Morgan fingerprint density at radius 1 is 1.00 bits per heavy atom. The zero-order valence-electron chi connectivity index (χ0n) is 20.3. The Morgan fingerprint density at radius 3 is 2.31 bits per heavy atom. The highest BCUT2D eigenvalue weighted by molar-refractivity contribution is 5.89. The summed E-state index contributed by atoms with van der Waals surface area (Å²) in [5.41, 5.74) is 6.80. The second-order valence-electron chi connectivity index (χ2n) is 8.25. The van der Waals surface area contributed by atoms with Crippen LogP contribution in [0.4, 0.5) is 0 Å².